The Labute approximate surface area is 174 Å². The van der Waals surface area contributed by atoms with Crippen LogP contribution in [0.15, 0.2) is 88.8 Å². The van der Waals surface area contributed by atoms with E-state index in [9.17, 15) is 4.79 Å². The molecule has 3 aromatic rings. The third kappa shape index (κ3) is 4.25. The van der Waals surface area contributed by atoms with Crippen molar-refractivity contribution in [2.24, 2.45) is 4.99 Å². The number of carbonyl (C=O) groups excluding carboxylic acids is 1. The number of nitrogens with zero attached hydrogens (tertiary/aromatic N) is 2. The monoisotopic (exact) mass is 400 g/mol. The van der Waals surface area contributed by atoms with E-state index >= 15 is 0 Å². The summed E-state index contributed by atoms with van der Waals surface area (Å²) >= 11 is 1.39. The number of benzene rings is 3. The van der Waals surface area contributed by atoms with Crippen molar-refractivity contribution >= 4 is 34.6 Å². The molecule has 0 saturated carbocycles. The van der Waals surface area contributed by atoms with E-state index in [1.807, 2.05) is 84.9 Å². The molecule has 0 spiro atoms. The minimum absolute atomic E-state index is 0.0402. The molecule has 1 amide bonds. The zero-order valence-corrected chi connectivity index (χ0v) is 17.0. The predicted octanol–water partition coefficient (Wildman–Crippen LogP) is 5.60. The van der Waals surface area contributed by atoms with Crippen LogP contribution in [-0.4, -0.2) is 30.1 Å². The van der Waals surface area contributed by atoms with Crippen LogP contribution in [0.2, 0.25) is 0 Å². The molecule has 29 heavy (non-hydrogen) atoms. The first-order chi connectivity index (χ1) is 14.1. The molecule has 0 unspecified atom stereocenters. The van der Waals surface area contributed by atoms with Gasteiger partial charge in [-0.2, -0.15) is 0 Å². The first kappa shape index (κ1) is 19.0. The lowest BCUT2D eigenvalue weighted by atomic mass is 10.0. The summed E-state index contributed by atoms with van der Waals surface area (Å²) in [6, 6.07) is 25.7. The van der Waals surface area contributed by atoms with Gasteiger partial charge in [0.2, 0.25) is 0 Å². The van der Waals surface area contributed by atoms with Crippen molar-refractivity contribution in [3.63, 3.8) is 0 Å². The maximum absolute atomic E-state index is 12.6. The van der Waals surface area contributed by atoms with E-state index in [4.69, 9.17) is 4.74 Å². The van der Waals surface area contributed by atoms with Gasteiger partial charge in [0.1, 0.15) is 5.75 Å². The average Bonchev–Trinajstić information content (AvgIpc) is 3.03. The van der Waals surface area contributed by atoms with Crippen LogP contribution in [0.4, 0.5) is 5.69 Å². The predicted molar refractivity (Wildman–Crippen MR) is 120 cm³/mol. The number of para-hydroxylation sites is 1. The first-order valence-corrected chi connectivity index (χ1v) is 10.0. The van der Waals surface area contributed by atoms with Crippen LogP contribution in [0.1, 0.15) is 5.56 Å². The van der Waals surface area contributed by atoms with Crippen molar-refractivity contribution in [2.75, 3.05) is 14.2 Å². The number of aliphatic imine (C=N–C) groups is 1. The molecule has 1 aliphatic heterocycles. The average molecular weight is 401 g/mol. The third-order valence-corrected chi connectivity index (χ3v) is 5.66. The van der Waals surface area contributed by atoms with Gasteiger partial charge in [-0.25, -0.2) is 4.99 Å². The van der Waals surface area contributed by atoms with Gasteiger partial charge in [0.15, 0.2) is 5.17 Å². The molecule has 0 bridgehead atoms. The second kappa shape index (κ2) is 8.37. The topological polar surface area (TPSA) is 41.9 Å². The van der Waals surface area contributed by atoms with E-state index in [0.717, 1.165) is 28.1 Å². The fraction of sp³-hybridized carbons (Fsp3) is 0.0833. The highest BCUT2D eigenvalue weighted by Gasteiger charge is 2.30. The molecule has 0 aliphatic carbocycles. The SMILES string of the molecule is COc1cccc(-c2ccc(/C=C3\S/C(=N/c4ccccc4)N(C)C3=O)cc2)c1. The van der Waals surface area contributed by atoms with Crippen molar-refractivity contribution in [2.45, 2.75) is 0 Å². The summed E-state index contributed by atoms with van der Waals surface area (Å²) in [5.41, 5.74) is 3.99. The number of likely N-dealkylation sites (N-methyl/N-ethyl adjacent to an activating group) is 1. The maximum atomic E-state index is 12.6. The van der Waals surface area contributed by atoms with Crippen LogP contribution >= 0.6 is 11.8 Å². The van der Waals surface area contributed by atoms with Crippen LogP contribution in [0.25, 0.3) is 17.2 Å². The molecular weight excluding hydrogens is 380 g/mol. The van der Waals surface area contributed by atoms with Gasteiger partial charge < -0.3 is 4.74 Å². The summed E-state index contributed by atoms with van der Waals surface area (Å²) in [5, 5.41) is 0.681. The van der Waals surface area contributed by atoms with E-state index < -0.39 is 0 Å². The smallest absolute Gasteiger partial charge is 0.266 e. The van der Waals surface area contributed by atoms with E-state index in [-0.39, 0.29) is 5.91 Å². The van der Waals surface area contributed by atoms with Crippen molar-refractivity contribution in [1.29, 1.82) is 0 Å². The van der Waals surface area contributed by atoms with Gasteiger partial charge in [-0.3, -0.25) is 9.69 Å². The van der Waals surface area contributed by atoms with Gasteiger partial charge in [0, 0.05) is 7.05 Å². The lowest BCUT2D eigenvalue weighted by molar-refractivity contribution is -0.121. The fourth-order valence-corrected chi connectivity index (χ4v) is 3.98. The Morgan fingerprint density at radius 1 is 0.931 bits per heavy atom. The molecule has 1 saturated heterocycles. The van der Waals surface area contributed by atoms with Crippen LogP contribution in [-0.2, 0) is 4.79 Å². The maximum Gasteiger partial charge on any atom is 0.266 e. The molecule has 0 atom stereocenters. The third-order valence-electron chi connectivity index (χ3n) is 4.60. The molecule has 0 N–H and O–H groups in total. The van der Waals surface area contributed by atoms with Gasteiger partial charge in [-0.05, 0) is 58.8 Å². The van der Waals surface area contributed by atoms with Gasteiger partial charge >= 0.3 is 0 Å². The number of amides is 1. The number of thioether (sulfide) groups is 1. The summed E-state index contributed by atoms with van der Waals surface area (Å²) < 4.78 is 5.30. The summed E-state index contributed by atoms with van der Waals surface area (Å²) in [6.07, 6.45) is 1.91. The number of carbonyl (C=O) groups is 1. The van der Waals surface area contributed by atoms with Crippen molar-refractivity contribution in [3.8, 4) is 16.9 Å². The Balaban J connectivity index is 1.56. The minimum Gasteiger partial charge on any atom is -0.497 e. The lowest BCUT2D eigenvalue weighted by Crippen LogP contribution is -2.23. The second-order valence-electron chi connectivity index (χ2n) is 6.56. The zero-order chi connectivity index (χ0) is 20.2. The van der Waals surface area contributed by atoms with Gasteiger partial charge in [-0.15, -0.1) is 0 Å². The molecule has 1 heterocycles. The summed E-state index contributed by atoms with van der Waals surface area (Å²) in [4.78, 5) is 19.4. The number of rotatable bonds is 4. The van der Waals surface area contributed by atoms with Gasteiger partial charge in [0.25, 0.3) is 5.91 Å². The standard InChI is InChI=1S/C24H20N2O2S/c1-26-23(27)22(29-24(26)25-20-8-4-3-5-9-20)15-17-11-13-18(14-12-17)19-7-6-10-21(16-19)28-2/h3-16H,1-2H3/b22-15-,25-24+. The molecule has 144 valence electrons. The Morgan fingerprint density at radius 3 is 2.41 bits per heavy atom. The molecule has 1 fully saturated rings. The quantitative estimate of drug-likeness (QED) is 0.536. The van der Waals surface area contributed by atoms with Gasteiger partial charge in [0.05, 0.1) is 17.7 Å². The Hall–Kier alpha value is -3.31. The van der Waals surface area contributed by atoms with Crippen molar-refractivity contribution in [3.05, 3.63) is 89.3 Å². The highest BCUT2D eigenvalue weighted by molar-refractivity contribution is 8.18. The fourth-order valence-electron chi connectivity index (χ4n) is 2.99. The largest absolute Gasteiger partial charge is 0.497 e. The molecule has 4 nitrogen and oxygen atoms in total. The summed E-state index contributed by atoms with van der Waals surface area (Å²) in [6.45, 7) is 0. The van der Waals surface area contributed by atoms with Crippen LogP contribution < -0.4 is 4.74 Å². The van der Waals surface area contributed by atoms with E-state index in [0.29, 0.717) is 10.1 Å². The molecule has 0 aromatic heterocycles. The molecule has 3 aromatic carbocycles. The minimum atomic E-state index is -0.0402. The van der Waals surface area contributed by atoms with Crippen molar-refractivity contribution in [1.82, 2.24) is 4.90 Å². The van der Waals surface area contributed by atoms with Crippen molar-refractivity contribution < 1.29 is 9.53 Å². The van der Waals surface area contributed by atoms with Gasteiger partial charge in [-0.1, -0.05) is 54.6 Å². The molecule has 1 aliphatic rings. The summed E-state index contributed by atoms with van der Waals surface area (Å²) in [7, 11) is 3.42. The molecule has 0 radical (unpaired) electrons. The van der Waals surface area contributed by atoms with E-state index in [2.05, 4.69) is 4.99 Å². The second-order valence-corrected chi connectivity index (χ2v) is 7.57. The first-order valence-electron chi connectivity index (χ1n) is 9.20. The normalized spacial score (nSPS) is 16.6. The highest BCUT2D eigenvalue weighted by Crippen LogP contribution is 2.33. The lowest BCUT2D eigenvalue weighted by Gasteiger charge is -2.07. The number of hydrogen-bond donors (Lipinski definition) is 0. The zero-order valence-electron chi connectivity index (χ0n) is 16.2. The number of amidine groups is 1. The molecule has 4 rings (SSSR count). The highest BCUT2D eigenvalue weighted by atomic mass is 32.2. The Bertz CT molecular complexity index is 1090. The van der Waals surface area contributed by atoms with E-state index in [1.165, 1.54) is 11.8 Å². The van der Waals surface area contributed by atoms with Crippen LogP contribution in [0.5, 0.6) is 5.75 Å². The Morgan fingerprint density at radius 2 is 1.69 bits per heavy atom. The number of ether oxygens (including phenoxy) is 1. The summed E-state index contributed by atoms with van der Waals surface area (Å²) in [5.74, 6) is 0.788. The van der Waals surface area contributed by atoms with Crippen LogP contribution in [0.3, 0.4) is 0 Å². The molecular formula is C24H20N2O2S. The molecule has 5 heteroatoms. The number of methoxy groups -OCH3 is 1. The number of hydrogen-bond acceptors (Lipinski definition) is 4. The van der Waals surface area contributed by atoms with Crippen LogP contribution in [0, 0.1) is 0 Å². The van der Waals surface area contributed by atoms with E-state index in [1.54, 1.807) is 19.1 Å². The Kier molecular flexibility index (Phi) is 5.49.